The Bertz CT molecular complexity index is 397. The normalized spacial score (nSPS) is 15.1. The van der Waals surface area contributed by atoms with Gasteiger partial charge in [0.05, 0.1) is 0 Å². The van der Waals surface area contributed by atoms with E-state index in [1.54, 1.807) is 6.07 Å². The number of aliphatic carboxylic acids is 1. The highest BCUT2D eigenvalue weighted by Gasteiger charge is 2.26. The molecular weight excluding hydrogens is 207 g/mol. The number of carboxylic acid groups (broad SMARTS) is 1. The standard InChI is InChI=1S/C13H15FO2/c14-12-8-9(2-1-3-13(15)16)4-7-11(12)10-5-6-10/h4,7-8,10H,1-3,5-6H2,(H,15,16). The molecular formula is C13H15FO2. The van der Waals surface area contributed by atoms with E-state index in [2.05, 4.69) is 0 Å². The van der Waals surface area contributed by atoms with E-state index in [1.165, 1.54) is 0 Å². The molecule has 1 saturated carbocycles. The summed E-state index contributed by atoms with van der Waals surface area (Å²) in [6.07, 6.45) is 3.53. The molecule has 1 aliphatic carbocycles. The Balaban J connectivity index is 1.95. The SMILES string of the molecule is O=C(O)CCCc1ccc(C2CC2)c(F)c1. The second kappa shape index (κ2) is 4.64. The maximum absolute atomic E-state index is 13.6. The molecule has 1 fully saturated rings. The van der Waals surface area contributed by atoms with Gasteiger partial charge in [-0.3, -0.25) is 4.79 Å². The zero-order chi connectivity index (χ0) is 11.5. The fourth-order valence-corrected chi connectivity index (χ4v) is 1.90. The van der Waals surface area contributed by atoms with Crippen LogP contribution in [0.25, 0.3) is 0 Å². The molecule has 3 heteroatoms. The molecule has 86 valence electrons. The van der Waals surface area contributed by atoms with Gasteiger partial charge < -0.3 is 5.11 Å². The molecule has 0 saturated heterocycles. The molecule has 2 nitrogen and oxygen atoms in total. The van der Waals surface area contributed by atoms with Crippen molar-refractivity contribution in [3.8, 4) is 0 Å². The Morgan fingerprint density at radius 3 is 2.75 bits per heavy atom. The van der Waals surface area contributed by atoms with E-state index in [-0.39, 0.29) is 12.2 Å². The fourth-order valence-electron chi connectivity index (χ4n) is 1.90. The lowest BCUT2D eigenvalue weighted by molar-refractivity contribution is -0.137. The van der Waals surface area contributed by atoms with E-state index >= 15 is 0 Å². The molecule has 0 atom stereocenters. The Morgan fingerprint density at radius 2 is 2.19 bits per heavy atom. The number of aryl methyl sites for hydroxylation is 1. The Labute approximate surface area is 94.1 Å². The first-order valence-electron chi connectivity index (χ1n) is 5.67. The van der Waals surface area contributed by atoms with Crippen molar-refractivity contribution >= 4 is 5.97 Å². The highest BCUT2D eigenvalue weighted by molar-refractivity contribution is 5.66. The van der Waals surface area contributed by atoms with Crippen LogP contribution in [0.2, 0.25) is 0 Å². The molecule has 0 spiro atoms. The van der Waals surface area contributed by atoms with E-state index < -0.39 is 5.97 Å². The summed E-state index contributed by atoms with van der Waals surface area (Å²) in [7, 11) is 0. The first-order chi connectivity index (χ1) is 7.66. The Morgan fingerprint density at radius 1 is 1.44 bits per heavy atom. The lowest BCUT2D eigenvalue weighted by Crippen LogP contribution is -1.97. The predicted octanol–water partition coefficient (Wildman–Crippen LogP) is 3.11. The Hall–Kier alpha value is -1.38. The topological polar surface area (TPSA) is 37.3 Å². The quantitative estimate of drug-likeness (QED) is 0.831. The van der Waals surface area contributed by atoms with Crippen molar-refractivity contribution in [2.24, 2.45) is 0 Å². The van der Waals surface area contributed by atoms with Crippen molar-refractivity contribution < 1.29 is 14.3 Å². The van der Waals surface area contributed by atoms with Crippen molar-refractivity contribution in [3.05, 3.63) is 35.1 Å². The molecule has 0 radical (unpaired) electrons. The van der Waals surface area contributed by atoms with Crippen LogP contribution < -0.4 is 0 Å². The summed E-state index contributed by atoms with van der Waals surface area (Å²) in [5.74, 6) is -0.501. The summed E-state index contributed by atoms with van der Waals surface area (Å²) in [6, 6.07) is 5.32. The van der Waals surface area contributed by atoms with Gasteiger partial charge >= 0.3 is 5.97 Å². The highest BCUT2D eigenvalue weighted by atomic mass is 19.1. The largest absolute Gasteiger partial charge is 0.481 e. The van der Waals surface area contributed by atoms with Crippen LogP contribution in [0.15, 0.2) is 18.2 Å². The number of halogens is 1. The van der Waals surface area contributed by atoms with Gasteiger partial charge in [0.2, 0.25) is 0 Å². The lowest BCUT2D eigenvalue weighted by Gasteiger charge is -2.04. The number of benzene rings is 1. The second-order valence-electron chi connectivity index (χ2n) is 4.38. The average molecular weight is 222 g/mol. The summed E-state index contributed by atoms with van der Waals surface area (Å²) < 4.78 is 13.6. The first kappa shape index (κ1) is 11.1. The molecule has 0 aromatic heterocycles. The van der Waals surface area contributed by atoms with Crippen LogP contribution in [0.3, 0.4) is 0 Å². The lowest BCUT2D eigenvalue weighted by atomic mass is 10.0. The number of hydrogen-bond acceptors (Lipinski definition) is 1. The minimum absolute atomic E-state index is 0.129. The van der Waals surface area contributed by atoms with Crippen LogP contribution in [0.4, 0.5) is 4.39 Å². The van der Waals surface area contributed by atoms with Gasteiger partial charge in [0, 0.05) is 6.42 Å². The van der Waals surface area contributed by atoms with Gasteiger partial charge in [-0.05, 0) is 48.8 Å². The molecule has 0 unspecified atom stereocenters. The maximum atomic E-state index is 13.6. The first-order valence-corrected chi connectivity index (χ1v) is 5.67. The van der Waals surface area contributed by atoms with Gasteiger partial charge in [-0.2, -0.15) is 0 Å². The van der Waals surface area contributed by atoms with Crippen molar-refractivity contribution in [1.82, 2.24) is 0 Å². The predicted molar refractivity (Wildman–Crippen MR) is 58.9 cm³/mol. The molecule has 0 bridgehead atoms. The van der Waals surface area contributed by atoms with E-state index in [0.717, 1.165) is 24.0 Å². The highest BCUT2D eigenvalue weighted by Crippen LogP contribution is 2.41. The number of carboxylic acids is 1. The van der Waals surface area contributed by atoms with Gasteiger partial charge in [-0.25, -0.2) is 4.39 Å². The molecule has 1 N–H and O–H groups in total. The number of carbonyl (C=O) groups is 1. The van der Waals surface area contributed by atoms with Crippen molar-refractivity contribution in [3.63, 3.8) is 0 Å². The zero-order valence-electron chi connectivity index (χ0n) is 9.08. The third-order valence-electron chi connectivity index (χ3n) is 2.94. The molecule has 0 amide bonds. The van der Waals surface area contributed by atoms with Gasteiger partial charge in [-0.1, -0.05) is 12.1 Å². The summed E-state index contributed by atoms with van der Waals surface area (Å²) in [5.41, 5.74) is 1.71. The smallest absolute Gasteiger partial charge is 0.303 e. The summed E-state index contributed by atoms with van der Waals surface area (Å²) >= 11 is 0. The van der Waals surface area contributed by atoms with Crippen molar-refractivity contribution in [2.45, 2.75) is 38.0 Å². The number of rotatable bonds is 5. The third-order valence-corrected chi connectivity index (χ3v) is 2.94. The molecule has 1 aliphatic rings. The minimum Gasteiger partial charge on any atom is -0.481 e. The van der Waals surface area contributed by atoms with E-state index in [0.29, 0.717) is 18.8 Å². The molecule has 0 aliphatic heterocycles. The summed E-state index contributed by atoms with van der Waals surface area (Å²) in [4.78, 5) is 10.3. The molecule has 2 rings (SSSR count). The van der Waals surface area contributed by atoms with Crippen LogP contribution >= 0.6 is 0 Å². The van der Waals surface area contributed by atoms with Crippen LogP contribution in [-0.4, -0.2) is 11.1 Å². The molecule has 1 aromatic carbocycles. The van der Waals surface area contributed by atoms with Gasteiger partial charge in [-0.15, -0.1) is 0 Å². The molecule has 1 aromatic rings. The Kier molecular flexibility index (Phi) is 3.22. The monoisotopic (exact) mass is 222 g/mol. The summed E-state index contributed by atoms with van der Waals surface area (Å²) in [5, 5.41) is 8.50. The van der Waals surface area contributed by atoms with Crippen molar-refractivity contribution in [2.75, 3.05) is 0 Å². The van der Waals surface area contributed by atoms with Gasteiger partial charge in [0.15, 0.2) is 0 Å². The van der Waals surface area contributed by atoms with Crippen LogP contribution in [0.1, 0.15) is 42.7 Å². The molecule has 16 heavy (non-hydrogen) atoms. The van der Waals surface area contributed by atoms with E-state index in [1.807, 2.05) is 12.1 Å². The maximum Gasteiger partial charge on any atom is 0.303 e. The second-order valence-corrected chi connectivity index (χ2v) is 4.38. The van der Waals surface area contributed by atoms with Crippen LogP contribution in [0.5, 0.6) is 0 Å². The minimum atomic E-state index is -0.796. The summed E-state index contributed by atoms with van der Waals surface area (Å²) in [6.45, 7) is 0. The fraction of sp³-hybridized carbons (Fsp3) is 0.462. The molecule has 0 heterocycles. The van der Waals surface area contributed by atoms with Crippen molar-refractivity contribution in [1.29, 1.82) is 0 Å². The zero-order valence-corrected chi connectivity index (χ0v) is 9.08. The number of hydrogen-bond donors (Lipinski definition) is 1. The van der Waals surface area contributed by atoms with E-state index in [9.17, 15) is 9.18 Å². The third kappa shape index (κ3) is 2.81. The average Bonchev–Trinajstić information content (AvgIpc) is 3.01. The van der Waals surface area contributed by atoms with Gasteiger partial charge in [0.1, 0.15) is 5.82 Å². The van der Waals surface area contributed by atoms with Crippen LogP contribution in [0, 0.1) is 5.82 Å². The van der Waals surface area contributed by atoms with Crippen LogP contribution in [-0.2, 0) is 11.2 Å². The van der Waals surface area contributed by atoms with E-state index in [4.69, 9.17) is 5.11 Å². The van der Waals surface area contributed by atoms with Gasteiger partial charge in [0.25, 0.3) is 0 Å².